The van der Waals surface area contributed by atoms with Crippen molar-refractivity contribution in [3.63, 3.8) is 0 Å². The van der Waals surface area contributed by atoms with Crippen molar-refractivity contribution < 1.29 is 14.4 Å². The molecule has 0 amide bonds. The summed E-state index contributed by atoms with van der Waals surface area (Å²) in [4.78, 5) is 19.7. The van der Waals surface area contributed by atoms with E-state index < -0.39 is 7.60 Å². The minimum absolute atomic E-state index is 0.0635. The van der Waals surface area contributed by atoms with Crippen molar-refractivity contribution in [2.45, 2.75) is 57.3 Å². The van der Waals surface area contributed by atoms with Crippen molar-refractivity contribution in [2.75, 3.05) is 0 Å². The molecule has 1 heterocycles. The van der Waals surface area contributed by atoms with E-state index >= 15 is 0 Å². The Balaban J connectivity index is 2.07. The molecular weight excluding hydrogens is 363 g/mol. The molecule has 0 saturated carbocycles. The van der Waals surface area contributed by atoms with Crippen molar-refractivity contribution in [2.24, 2.45) is 0 Å². The van der Waals surface area contributed by atoms with Gasteiger partial charge in [-0.05, 0) is 52.5 Å². The molecule has 5 heteroatoms. The molecule has 1 aromatic heterocycles. The fourth-order valence-electron chi connectivity index (χ4n) is 3.88. The average Bonchev–Trinajstić information content (AvgIpc) is 3.03. The molecule has 1 atom stereocenters. The van der Waals surface area contributed by atoms with E-state index in [2.05, 4.69) is 52.5 Å². The van der Waals surface area contributed by atoms with Crippen molar-refractivity contribution in [1.29, 1.82) is 0 Å². The van der Waals surface area contributed by atoms with Gasteiger partial charge in [0.1, 0.15) is 4.62 Å². The normalized spacial score (nSPS) is 19.6. The Morgan fingerprint density at radius 2 is 1.69 bits per heavy atom. The lowest BCUT2D eigenvalue weighted by Crippen LogP contribution is -2.34. The number of benzene rings is 1. The van der Waals surface area contributed by atoms with Crippen LogP contribution in [0.5, 0.6) is 0 Å². The van der Waals surface area contributed by atoms with Gasteiger partial charge in [-0.3, -0.25) is 4.57 Å². The summed E-state index contributed by atoms with van der Waals surface area (Å²) in [6.07, 6.45) is 4.18. The van der Waals surface area contributed by atoms with E-state index in [9.17, 15) is 14.4 Å². The zero-order valence-corrected chi connectivity index (χ0v) is 17.5. The molecule has 0 spiro atoms. The van der Waals surface area contributed by atoms with Crippen LogP contribution in [0.4, 0.5) is 0 Å². The van der Waals surface area contributed by atoms with Gasteiger partial charge in [0.05, 0.1) is 0 Å². The van der Waals surface area contributed by atoms with Crippen LogP contribution in [-0.4, -0.2) is 9.79 Å². The van der Waals surface area contributed by atoms with Crippen molar-refractivity contribution >= 4 is 23.6 Å². The summed E-state index contributed by atoms with van der Waals surface area (Å²) in [7, 11) is -4.21. The van der Waals surface area contributed by atoms with E-state index in [1.807, 2.05) is 6.08 Å². The third-order valence-electron chi connectivity index (χ3n) is 5.68. The molecule has 0 bridgehead atoms. The summed E-state index contributed by atoms with van der Waals surface area (Å²) < 4.78 is 11.6. The number of hydrogen-bond donors (Lipinski definition) is 2. The van der Waals surface area contributed by atoms with E-state index in [0.717, 1.165) is 16.9 Å². The third-order valence-corrected chi connectivity index (χ3v) is 8.36. The van der Waals surface area contributed by atoms with E-state index in [1.54, 1.807) is 6.07 Å². The molecule has 0 aliphatic heterocycles. The van der Waals surface area contributed by atoms with Gasteiger partial charge in [-0.2, -0.15) is 0 Å². The Morgan fingerprint density at radius 3 is 2.23 bits per heavy atom. The number of allylic oxidation sites excluding steroid dienone is 1. The number of rotatable bonds is 4. The summed E-state index contributed by atoms with van der Waals surface area (Å²) in [5.74, 6) is -0.0635. The highest BCUT2D eigenvalue weighted by Gasteiger charge is 2.37. The molecule has 0 fully saturated rings. The van der Waals surface area contributed by atoms with Gasteiger partial charge in [0.15, 0.2) is 0 Å². The average molecular weight is 390 g/mol. The van der Waals surface area contributed by atoms with Crippen LogP contribution in [0.2, 0.25) is 0 Å². The first-order valence-corrected chi connectivity index (χ1v) is 11.3. The summed E-state index contributed by atoms with van der Waals surface area (Å²) in [6, 6.07) is 9.99. The first-order valence-electron chi connectivity index (χ1n) is 8.89. The lowest BCUT2D eigenvalue weighted by atomic mass is 9.62. The van der Waals surface area contributed by atoms with Gasteiger partial charge in [-0.25, -0.2) is 0 Å². The van der Waals surface area contributed by atoms with E-state index in [-0.39, 0.29) is 21.4 Å². The molecule has 3 rings (SSSR count). The Hall–Kier alpha value is -1.19. The van der Waals surface area contributed by atoms with Crippen LogP contribution < -0.4 is 4.62 Å². The molecule has 1 aliphatic carbocycles. The molecule has 1 aliphatic rings. The van der Waals surface area contributed by atoms with Crippen LogP contribution in [0.15, 0.2) is 43.0 Å². The molecule has 140 valence electrons. The number of hydrogen-bond acceptors (Lipinski definition) is 2. The zero-order valence-electron chi connectivity index (χ0n) is 15.8. The van der Waals surface area contributed by atoms with Crippen molar-refractivity contribution in [3.8, 4) is 0 Å². The standard InChI is InChI=1S/C21H27O3PS/c1-6-15(18-9-10-19(26-18)25(22,23)24)14-7-8-16-17(13-14)21(4,5)12-11-20(16,2)3/h6-10,13,15H,1,11-12H2,2-5H3,(H2,22,23,24). The summed E-state index contributed by atoms with van der Waals surface area (Å²) in [6.45, 7) is 13.2. The van der Waals surface area contributed by atoms with Gasteiger partial charge in [-0.1, -0.05) is 52.0 Å². The van der Waals surface area contributed by atoms with Gasteiger partial charge >= 0.3 is 7.60 Å². The maximum Gasteiger partial charge on any atom is 0.366 e. The van der Waals surface area contributed by atoms with Gasteiger partial charge in [0.2, 0.25) is 0 Å². The quantitative estimate of drug-likeness (QED) is 0.556. The maximum atomic E-state index is 11.5. The van der Waals surface area contributed by atoms with E-state index in [1.165, 1.54) is 35.0 Å². The number of thiophene rings is 1. The third kappa shape index (κ3) is 3.48. The highest BCUT2D eigenvalue weighted by atomic mass is 32.1. The molecule has 1 unspecified atom stereocenters. The molecule has 2 aromatic rings. The second kappa shape index (κ2) is 6.45. The molecular formula is C21H27O3PS. The predicted octanol–water partition coefficient (Wildman–Crippen LogP) is 5.22. The van der Waals surface area contributed by atoms with Gasteiger partial charge in [0.25, 0.3) is 0 Å². The summed E-state index contributed by atoms with van der Waals surface area (Å²) in [5.41, 5.74) is 4.21. The second-order valence-corrected chi connectivity index (χ2v) is 11.5. The van der Waals surface area contributed by atoms with Crippen LogP contribution in [0.25, 0.3) is 0 Å². The lowest BCUT2D eigenvalue weighted by molar-refractivity contribution is 0.331. The van der Waals surface area contributed by atoms with E-state index in [4.69, 9.17) is 0 Å². The Labute approximate surface area is 159 Å². The summed E-state index contributed by atoms with van der Waals surface area (Å²) >= 11 is 1.17. The topological polar surface area (TPSA) is 57.5 Å². The first kappa shape index (κ1) is 19.6. The Bertz CT molecular complexity index is 888. The molecule has 2 N–H and O–H groups in total. The van der Waals surface area contributed by atoms with Crippen LogP contribution in [-0.2, 0) is 15.4 Å². The van der Waals surface area contributed by atoms with E-state index in [0.29, 0.717) is 0 Å². The van der Waals surface area contributed by atoms with Crippen LogP contribution >= 0.6 is 18.9 Å². The summed E-state index contributed by atoms with van der Waals surface area (Å²) in [5, 5.41) is 0. The largest absolute Gasteiger partial charge is 0.366 e. The number of fused-ring (bicyclic) bond motifs is 1. The lowest BCUT2D eigenvalue weighted by Gasteiger charge is -2.42. The predicted molar refractivity (Wildman–Crippen MR) is 110 cm³/mol. The molecule has 3 nitrogen and oxygen atoms in total. The van der Waals surface area contributed by atoms with Crippen LogP contribution in [0.3, 0.4) is 0 Å². The minimum Gasteiger partial charge on any atom is -0.320 e. The Kier molecular flexibility index (Phi) is 4.86. The molecule has 1 aromatic carbocycles. The van der Waals surface area contributed by atoms with Crippen LogP contribution in [0.1, 0.15) is 68.0 Å². The fourth-order valence-corrected chi connectivity index (χ4v) is 5.82. The van der Waals surface area contributed by atoms with Gasteiger partial charge < -0.3 is 9.79 Å². The maximum absolute atomic E-state index is 11.5. The van der Waals surface area contributed by atoms with Crippen LogP contribution in [0, 0.1) is 0 Å². The monoisotopic (exact) mass is 390 g/mol. The second-order valence-electron chi connectivity index (χ2n) is 8.51. The molecule has 0 radical (unpaired) electrons. The minimum atomic E-state index is -4.21. The highest BCUT2D eigenvalue weighted by Crippen LogP contribution is 2.47. The van der Waals surface area contributed by atoms with Gasteiger partial charge in [-0.15, -0.1) is 17.9 Å². The van der Waals surface area contributed by atoms with Gasteiger partial charge in [0, 0.05) is 10.8 Å². The van der Waals surface area contributed by atoms with Crippen molar-refractivity contribution in [3.05, 3.63) is 64.6 Å². The smallest absolute Gasteiger partial charge is 0.320 e. The molecule has 26 heavy (non-hydrogen) atoms. The fraction of sp³-hybridized carbons (Fsp3) is 0.429. The van der Waals surface area contributed by atoms with Crippen molar-refractivity contribution in [1.82, 2.24) is 0 Å². The highest BCUT2D eigenvalue weighted by molar-refractivity contribution is 7.67. The first-order chi connectivity index (χ1) is 12.0. The zero-order chi connectivity index (χ0) is 19.3. The molecule has 0 saturated heterocycles. The SMILES string of the molecule is C=CC(c1ccc2c(c1)C(C)(C)CCC2(C)C)c1ccc(P(=O)(O)O)s1. The Morgan fingerprint density at radius 1 is 1.08 bits per heavy atom.